The Bertz CT molecular complexity index is 483. The van der Waals surface area contributed by atoms with Crippen LogP contribution in [-0.2, 0) is 4.79 Å². The Labute approximate surface area is 131 Å². The minimum Gasteiger partial charge on any atom is -0.323 e. The van der Waals surface area contributed by atoms with E-state index in [0.29, 0.717) is 19.4 Å². The van der Waals surface area contributed by atoms with Crippen LogP contribution in [0, 0.1) is 4.91 Å². The van der Waals surface area contributed by atoms with Crippen LogP contribution in [0.2, 0.25) is 0 Å². The SMILES string of the molecule is CCCCN1C(=O)NC2(CC(C)(C)N(N=O)C(C)(C)C2)C1=O. The second-order valence-electron chi connectivity index (χ2n) is 7.69. The van der Waals surface area contributed by atoms with E-state index >= 15 is 0 Å². The van der Waals surface area contributed by atoms with Crippen LogP contribution in [0.15, 0.2) is 5.29 Å². The number of nitrogens with one attached hydrogen (secondary N) is 1. The van der Waals surface area contributed by atoms with E-state index in [-0.39, 0.29) is 11.9 Å². The van der Waals surface area contributed by atoms with Crippen molar-refractivity contribution in [1.82, 2.24) is 15.2 Å². The molecule has 2 heterocycles. The molecule has 0 aromatic carbocycles. The lowest BCUT2D eigenvalue weighted by Crippen LogP contribution is -2.68. The molecule has 2 saturated heterocycles. The van der Waals surface area contributed by atoms with E-state index in [1.165, 1.54) is 9.91 Å². The van der Waals surface area contributed by atoms with Crippen molar-refractivity contribution >= 4 is 11.9 Å². The lowest BCUT2D eigenvalue weighted by atomic mass is 9.70. The first-order valence-corrected chi connectivity index (χ1v) is 7.87. The molecule has 2 rings (SSSR count). The van der Waals surface area contributed by atoms with Gasteiger partial charge in [0.2, 0.25) is 0 Å². The maximum atomic E-state index is 12.9. The van der Waals surface area contributed by atoms with E-state index in [0.717, 1.165) is 12.8 Å². The Balaban J connectivity index is 2.34. The Morgan fingerprint density at radius 3 is 2.14 bits per heavy atom. The highest BCUT2D eigenvalue weighted by Gasteiger charge is 2.61. The van der Waals surface area contributed by atoms with Crippen LogP contribution in [0.5, 0.6) is 0 Å². The van der Waals surface area contributed by atoms with Crippen molar-refractivity contribution in [2.45, 2.75) is 76.9 Å². The maximum Gasteiger partial charge on any atom is 0.325 e. The number of nitroso groups, excluding NO2 is 1. The fraction of sp³-hybridized carbons (Fsp3) is 0.867. The lowest BCUT2D eigenvalue weighted by molar-refractivity contribution is -0.141. The fourth-order valence-electron chi connectivity index (χ4n) is 4.16. The molecule has 7 nitrogen and oxygen atoms in total. The highest BCUT2D eigenvalue weighted by Crippen LogP contribution is 2.46. The van der Waals surface area contributed by atoms with Gasteiger partial charge in [-0.05, 0) is 34.1 Å². The van der Waals surface area contributed by atoms with Crippen LogP contribution in [0.4, 0.5) is 4.79 Å². The molecule has 22 heavy (non-hydrogen) atoms. The number of urea groups is 1. The molecule has 124 valence electrons. The molecule has 2 aliphatic heterocycles. The number of rotatable bonds is 4. The number of piperidine rings is 1. The average Bonchev–Trinajstić information content (AvgIpc) is 2.56. The summed E-state index contributed by atoms with van der Waals surface area (Å²) in [5.41, 5.74) is -2.14. The Morgan fingerprint density at radius 1 is 1.14 bits per heavy atom. The zero-order valence-corrected chi connectivity index (χ0v) is 14.1. The van der Waals surface area contributed by atoms with Gasteiger partial charge in [0.1, 0.15) is 5.54 Å². The number of unbranched alkanes of at least 4 members (excludes halogenated alkanes) is 1. The van der Waals surface area contributed by atoms with Gasteiger partial charge >= 0.3 is 6.03 Å². The predicted molar refractivity (Wildman–Crippen MR) is 82.9 cm³/mol. The Morgan fingerprint density at radius 2 is 1.68 bits per heavy atom. The molecule has 0 unspecified atom stereocenters. The van der Waals surface area contributed by atoms with Crippen molar-refractivity contribution in [3.8, 4) is 0 Å². The quantitative estimate of drug-likeness (QED) is 0.638. The summed E-state index contributed by atoms with van der Waals surface area (Å²) in [5.74, 6) is -0.169. The van der Waals surface area contributed by atoms with Gasteiger partial charge in [0.25, 0.3) is 5.91 Å². The summed E-state index contributed by atoms with van der Waals surface area (Å²) in [7, 11) is 0. The van der Waals surface area contributed by atoms with Crippen LogP contribution in [0.1, 0.15) is 60.3 Å². The van der Waals surface area contributed by atoms with Crippen molar-refractivity contribution in [2.24, 2.45) is 5.29 Å². The summed E-state index contributed by atoms with van der Waals surface area (Å²) < 4.78 is 0. The molecule has 1 N–H and O–H groups in total. The number of nitrogens with zero attached hydrogens (tertiary/aromatic N) is 3. The zero-order chi connectivity index (χ0) is 16.8. The van der Waals surface area contributed by atoms with Crippen LogP contribution >= 0.6 is 0 Å². The van der Waals surface area contributed by atoms with Crippen molar-refractivity contribution in [1.29, 1.82) is 0 Å². The Kier molecular flexibility index (Phi) is 3.96. The van der Waals surface area contributed by atoms with Gasteiger partial charge in [0.05, 0.1) is 16.4 Å². The van der Waals surface area contributed by atoms with Gasteiger partial charge in [0.15, 0.2) is 0 Å². The molecule has 3 amide bonds. The minimum atomic E-state index is -0.932. The minimum absolute atomic E-state index is 0.169. The van der Waals surface area contributed by atoms with E-state index < -0.39 is 16.6 Å². The predicted octanol–water partition coefficient (Wildman–Crippen LogP) is 2.41. The van der Waals surface area contributed by atoms with Crippen LogP contribution in [0.25, 0.3) is 0 Å². The fourth-order valence-corrected chi connectivity index (χ4v) is 4.16. The van der Waals surface area contributed by atoms with Gasteiger partial charge in [-0.25, -0.2) is 9.80 Å². The summed E-state index contributed by atoms with van der Waals surface area (Å²) in [6.45, 7) is 9.99. The van der Waals surface area contributed by atoms with Crippen molar-refractivity contribution < 1.29 is 9.59 Å². The molecule has 0 radical (unpaired) electrons. The van der Waals surface area contributed by atoms with Crippen LogP contribution in [0.3, 0.4) is 0 Å². The topological polar surface area (TPSA) is 82.1 Å². The maximum absolute atomic E-state index is 12.9. The molecule has 0 atom stereocenters. The third kappa shape index (κ3) is 2.46. The van der Waals surface area contributed by atoms with E-state index in [4.69, 9.17) is 0 Å². The van der Waals surface area contributed by atoms with Gasteiger partial charge in [-0.3, -0.25) is 9.69 Å². The molecule has 7 heteroatoms. The standard InChI is InChI=1S/C15H26N4O3/c1-6-7-8-18-11(20)15(16-12(18)21)9-13(2,3)19(17-22)14(4,5)10-15/h6-10H2,1-5H3,(H,16,21). The highest BCUT2D eigenvalue weighted by molar-refractivity contribution is 6.07. The van der Waals surface area contributed by atoms with Crippen molar-refractivity contribution in [2.75, 3.05) is 6.54 Å². The molecule has 0 aromatic heterocycles. The summed E-state index contributed by atoms with van der Waals surface area (Å²) in [6.07, 6.45) is 2.47. The normalized spacial score (nSPS) is 25.5. The number of imide groups is 1. The van der Waals surface area contributed by atoms with E-state index in [2.05, 4.69) is 10.6 Å². The van der Waals surface area contributed by atoms with Gasteiger partial charge in [0, 0.05) is 19.4 Å². The summed E-state index contributed by atoms with van der Waals surface area (Å²) in [5, 5.41) is 7.58. The molecule has 0 saturated carbocycles. The lowest BCUT2D eigenvalue weighted by Gasteiger charge is -2.54. The smallest absolute Gasteiger partial charge is 0.323 e. The van der Waals surface area contributed by atoms with Crippen molar-refractivity contribution in [3.63, 3.8) is 0 Å². The summed E-state index contributed by atoms with van der Waals surface area (Å²) in [4.78, 5) is 37.7. The zero-order valence-electron chi connectivity index (χ0n) is 14.1. The number of carbonyl (C=O) groups is 2. The van der Waals surface area contributed by atoms with Gasteiger partial charge in [-0.15, -0.1) is 4.91 Å². The van der Waals surface area contributed by atoms with E-state index in [1.54, 1.807) is 0 Å². The summed E-state index contributed by atoms with van der Waals surface area (Å²) >= 11 is 0. The third-order valence-corrected chi connectivity index (χ3v) is 4.68. The first-order chi connectivity index (χ1) is 10.1. The molecule has 2 aliphatic rings. The second kappa shape index (κ2) is 5.21. The molecular formula is C15H26N4O3. The first-order valence-electron chi connectivity index (χ1n) is 7.87. The van der Waals surface area contributed by atoms with Gasteiger partial charge in [-0.2, -0.15) is 0 Å². The van der Waals surface area contributed by atoms with Crippen molar-refractivity contribution in [3.05, 3.63) is 4.91 Å². The first kappa shape index (κ1) is 16.7. The molecule has 0 bridgehead atoms. The number of carbonyl (C=O) groups excluding carboxylic acids is 2. The summed E-state index contributed by atoms with van der Waals surface area (Å²) in [6, 6.07) is -0.322. The molecular weight excluding hydrogens is 284 g/mol. The van der Waals surface area contributed by atoms with Crippen LogP contribution < -0.4 is 5.32 Å². The van der Waals surface area contributed by atoms with Crippen LogP contribution in [-0.4, -0.2) is 45.0 Å². The molecule has 0 aromatic rings. The number of amides is 3. The monoisotopic (exact) mass is 310 g/mol. The third-order valence-electron chi connectivity index (χ3n) is 4.68. The average molecular weight is 310 g/mol. The highest BCUT2D eigenvalue weighted by atomic mass is 16.3. The van der Waals surface area contributed by atoms with Gasteiger partial charge in [-0.1, -0.05) is 13.3 Å². The van der Waals surface area contributed by atoms with E-state index in [1.807, 2.05) is 34.6 Å². The second-order valence-corrected chi connectivity index (χ2v) is 7.69. The number of hydrogen-bond donors (Lipinski definition) is 1. The molecule has 1 spiro atoms. The molecule has 2 fully saturated rings. The largest absolute Gasteiger partial charge is 0.325 e. The molecule has 0 aliphatic carbocycles. The van der Waals surface area contributed by atoms with E-state index in [9.17, 15) is 14.5 Å². The Hall–Kier alpha value is -1.66. The van der Waals surface area contributed by atoms with Gasteiger partial charge < -0.3 is 5.32 Å². The number of hydrogen-bond acceptors (Lipinski definition) is 4.